The minimum Gasteiger partial charge on any atom is -0.397 e. The molecule has 0 saturated heterocycles. The van der Waals surface area contributed by atoms with Crippen LogP contribution in [0.15, 0.2) is 6.07 Å². The third-order valence-corrected chi connectivity index (χ3v) is 3.19. The van der Waals surface area contributed by atoms with Gasteiger partial charge in [0.2, 0.25) is 0 Å². The maximum atomic E-state index is 10.9. The second kappa shape index (κ2) is 4.32. The quantitative estimate of drug-likeness (QED) is 0.791. The fourth-order valence-corrected chi connectivity index (χ4v) is 2.14. The second-order valence-electron chi connectivity index (χ2n) is 3.15. The van der Waals surface area contributed by atoms with E-state index in [1.54, 1.807) is 6.07 Å². The number of thiophene rings is 1. The summed E-state index contributed by atoms with van der Waals surface area (Å²) in [5.41, 5.74) is 11.3. The molecule has 0 saturated carbocycles. The Balaban J connectivity index is 2.90. The molecule has 0 bridgehead atoms. The Labute approximate surface area is 87.5 Å². The molecule has 14 heavy (non-hydrogen) atoms. The molecule has 0 fully saturated rings. The first-order valence-corrected chi connectivity index (χ1v) is 5.28. The van der Waals surface area contributed by atoms with Crippen molar-refractivity contribution < 1.29 is 4.79 Å². The van der Waals surface area contributed by atoms with Gasteiger partial charge in [0.1, 0.15) is 4.88 Å². The van der Waals surface area contributed by atoms with Crippen LogP contribution in [-0.4, -0.2) is 19.5 Å². The van der Waals surface area contributed by atoms with Crippen molar-refractivity contribution in [2.24, 2.45) is 5.73 Å². The van der Waals surface area contributed by atoms with Crippen molar-refractivity contribution >= 4 is 27.9 Å². The predicted octanol–water partition coefficient (Wildman–Crippen LogP) is 1.28. The average molecular weight is 213 g/mol. The first-order chi connectivity index (χ1) is 6.56. The number of primary amides is 1. The van der Waals surface area contributed by atoms with E-state index in [1.807, 2.05) is 7.05 Å². The Bertz CT molecular complexity index is 335. The van der Waals surface area contributed by atoms with Gasteiger partial charge in [0, 0.05) is 13.6 Å². The zero-order chi connectivity index (χ0) is 10.7. The number of carbonyl (C=O) groups excluding carboxylic acids is 1. The molecule has 0 aliphatic rings. The van der Waals surface area contributed by atoms with E-state index in [4.69, 9.17) is 11.5 Å². The van der Waals surface area contributed by atoms with Crippen LogP contribution in [-0.2, 0) is 0 Å². The molecule has 0 spiro atoms. The summed E-state index contributed by atoms with van der Waals surface area (Å²) in [4.78, 5) is 13.5. The van der Waals surface area contributed by atoms with Crippen LogP contribution in [0.4, 0.5) is 10.7 Å². The van der Waals surface area contributed by atoms with Crippen LogP contribution >= 0.6 is 11.3 Å². The first-order valence-electron chi connectivity index (χ1n) is 4.46. The molecule has 0 atom stereocenters. The highest BCUT2D eigenvalue weighted by atomic mass is 32.1. The molecule has 0 aromatic carbocycles. The van der Waals surface area contributed by atoms with Gasteiger partial charge in [-0.15, -0.1) is 11.3 Å². The molecule has 4 nitrogen and oxygen atoms in total. The van der Waals surface area contributed by atoms with Crippen molar-refractivity contribution in [3.05, 3.63) is 10.9 Å². The summed E-state index contributed by atoms with van der Waals surface area (Å²) in [7, 11) is 1.97. The van der Waals surface area contributed by atoms with Gasteiger partial charge in [0.05, 0.1) is 10.7 Å². The highest BCUT2D eigenvalue weighted by molar-refractivity contribution is 7.18. The molecule has 1 heterocycles. The van der Waals surface area contributed by atoms with E-state index in [2.05, 4.69) is 11.8 Å². The number of amides is 1. The van der Waals surface area contributed by atoms with Gasteiger partial charge in [-0.2, -0.15) is 0 Å². The molecule has 0 aliphatic heterocycles. The largest absolute Gasteiger partial charge is 0.397 e. The Hall–Kier alpha value is -1.23. The minimum absolute atomic E-state index is 0.447. The van der Waals surface area contributed by atoms with Gasteiger partial charge < -0.3 is 16.4 Å². The van der Waals surface area contributed by atoms with Gasteiger partial charge in [0.15, 0.2) is 0 Å². The predicted molar refractivity (Wildman–Crippen MR) is 60.8 cm³/mol. The van der Waals surface area contributed by atoms with E-state index < -0.39 is 5.91 Å². The van der Waals surface area contributed by atoms with E-state index >= 15 is 0 Å². The molecule has 1 aromatic heterocycles. The van der Waals surface area contributed by atoms with Crippen molar-refractivity contribution in [2.75, 3.05) is 24.2 Å². The number of nitrogens with zero attached hydrogens (tertiary/aromatic N) is 1. The zero-order valence-electron chi connectivity index (χ0n) is 8.41. The number of hydrogen-bond donors (Lipinski definition) is 2. The maximum absolute atomic E-state index is 10.9. The molecule has 4 N–H and O–H groups in total. The van der Waals surface area contributed by atoms with Crippen molar-refractivity contribution in [3.63, 3.8) is 0 Å². The van der Waals surface area contributed by atoms with Crippen LogP contribution in [0.5, 0.6) is 0 Å². The summed E-state index contributed by atoms with van der Waals surface area (Å²) in [6, 6.07) is 1.79. The Kier molecular flexibility index (Phi) is 3.35. The number of nitrogens with two attached hydrogens (primary N) is 2. The average Bonchev–Trinajstić information content (AvgIpc) is 2.48. The van der Waals surface area contributed by atoms with E-state index in [9.17, 15) is 4.79 Å². The number of hydrogen-bond acceptors (Lipinski definition) is 4. The number of rotatable bonds is 4. The summed E-state index contributed by atoms with van der Waals surface area (Å²) >= 11 is 1.34. The molecule has 1 amide bonds. The van der Waals surface area contributed by atoms with E-state index in [0.717, 1.165) is 18.0 Å². The van der Waals surface area contributed by atoms with Crippen LogP contribution < -0.4 is 16.4 Å². The maximum Gasteiger partial charge on any atom is 0.260 e. The molecule has 78 valence electrons. The Morgan fingerprint density at radius 2 is 2.29 bits per heavy atom. The summed E-state index contributed by atoms with van der Waals surface area (Å²) in [6.45, 7) is 3.04. The molecular weight excluding hydrogens is 198 g/mol. The second-order valence-corrected chi connectivity index (χ2v) is 4.19. The molecule has 0 aliphatic carbocycles. The highest BCUT2D eigenvalue weighted by Gasteiger charge is 2.13. The van der Waals surface area contributed by atoms with Crippen molar-refractivity contribution in [3.8, 4) is 0 Å². The van der Waals surface area contributed by atoms with Crippen molar-refractivity contribution in [1.29, 1.82) is 0 Å². The van der Waals surface area contributed by atoms with Gasteiger partial charge in [-0.05, 0) is 12.5 Å². The summed E-state index contributed by atoms with van der Waals surface area (Å²) < 4.78 is 0. The molecular formula is C9H15N3OS. The third kappa shape index (κ3) is 2.17. The number of nitrogen functional groups attached to an aromatic ring is 1. The fraction of sp³-hybridized carbons (Fsp3) is 0.444. The van der Waals surface area contributed by atoms with Gasteiger partial charge in [-0.25, -0.2) is 0 Å². The van der Waals surface area contributed by atoms with Crippen molar-refractivity contribution in [2.45, 2.75) is 13.3 Å². The number of carbonyl (C=O) groups is 1. The molecule has 1 rings (SSSR count). The lowest BCUT2D eigenvalue weighted by molar-refractivity contribution is 0.100. The van der Waals surface area contributed by atoms with Gasteiger partial charge >= 0.3 is 0 Å². The van der Waals surface area contributed by atoms with Crippen LogP contribution in [0.1, 0.15) is 23.0 Å². The molecule has 0 unspecified atom stereocenters. The zero-order valence-corrected chi connectivity index (χ0v) is 9.23. The van der Waals surface area contributed by atoms with Crippen LogP contribution in [0.2, 0.25) is 0 Å². The highest BCUT2D eigenvalue weighted by Crippen LogP contribution is 2.31. The summed E-state index contributed by atoms with van der Waals surface area (Å²) in [6.07, 6.45) is 1.06. The van der Waals surface area contributed by atoms with E-state index in [0.29, 0.717) is 10.6 Å². The summed E-state index contributed by atoms with van der Waals surface area (Å²) in [5.74, 6) is -0.455. The fourth-order valence-electron chi connectivity index (χ4n) is 1.22. The van der Waals surface area contributed by atoms with Gasteiger partial charge in [-0.1, -0.05) is 6.92 Å². The smallest absolute Gasteiger partial charge is 0.260 e. The normalized spacial score (nSPS) is 10.1. The minimum atomic E-state index is -0.455. The van der Waals surface area contributed by atoms with E-state index in [1.165, 1.54) is 11.3 Å². The monoisotopic (exact) mass is 213 g/mol. The molecule has 0 radical (unpaired) electrons. The first kappa shape index (κ1) is 10.8. The lowest BCUT2D eigenvalue weighted by Crippen LogP contribution is -2.16. The van der Waals surface area contributed by atoms with Crippen molar-refractivity contribution in [1.82, 2.24) is 0 Å². The Morgan fingerprint density at radius 3 is 2.71 bits per heavy atom. The van der Waals surface area contributed by atoms with Gasteiger partial charge in [-0.3, -0.25) is 4.79 Å². The molecule has 1 aromatic rings. The van der Waals surface area contributed by atoms with E-state index in [-0.39, 0.29) is 0 Å². The summed E-state index contributed by atoms with van der Waals surface area (Å²) in [5, 5.41) is 0.984. The van der Waals surface area contributed by atoms with Crippen LogP contribution in [0.25, 0.3) is 0 Å². The lowest BCUT2D eigenvalue weighted by atomic mass is 10.3. The SMILES string of the molecule is CCCN(C)c1cc(N)c(C(N)=O)s1. The number of anilines is 2. The van der Waals surface area contributed by atoms with Crippen LogP contribution in [0.3, 0.4) is 0 Å². The lowest BCUT2D eigenvalue weighted by Gasteiger charge is -2.14. The molecule has 5 heteroatoms. The van der Waals surface area contributed by atoms with Gasteiger partial charge in [0.25, 0.3) is 5.91 Å². The third-order valence-electron chi connectivity index (χ3n) is 1.91. The standard InChI is InChI=1S/C9H15N3OS/c1-3-4-12(2)7-5-6(10)8(14-7)9(11)13/h5H,3-4,10H2,1-2H3,(H2,11,13). The van der Waals surface area contributed by atoms with Crippen LogP contribution in [0, 0.1) is 0 Å². The Morgan fingerprint density at radius 1 is 1.64 bits per heavy atom. The topological polar surface area (TPSA) is 72.3 Å².